The van der Waals surface area contributed by atoms with E-state index >= 15 is 0 Å². The van der Waals surface area contributed by atoms with E-state index in [1.54, 1.807) is 6.07 Å². The number of carbonyl (C=O) groups excluding carboxylic acids is 1. The number of fused-ring (bicyclic) bond motifs is 1. The molecule has 3 heterocycles. The second-order valence-corrected chi connectivity index (χ2v) is 8.94. The summed E-state index contributed by atoms with van der Waals surface area (Å²) in [7, 11) is 0. The van der Waals surface area contributed by atoms with Crippen LogP contribution in [0.5, 0.6) is 0 Å². The topological polar surface area (TPSA) is 76.2 Å². The van der Waals surface area contributed by atoms with E-state index in [1.807, 2.05) is 23.0 Å². The summed E-state index contributed by atoms with van der Waals surface area (Å²) in [5.74, 6) is -0.450. The molecule has 2 saturated heterocycles. The van der Waals surface area contributed by atoms with Gasteiger partial charge in [-0.2, -0.15) is 5.10 Å². The number of amides is 1. The SMILES string of the molecule is NC(=O)c1cccc2cn(-c3ccc(CN4CCCC5(CCCNC5)C4)cc3)nc12. The first-order chi connectivity index (χ1) is 14.6. The summed E-state index contributed by atoms with van der Waals surface area (Å²) in [5.41, 5.74) is 9.38. The Morgan fingerprint density at radius 1 is 1.13 bits per heavy atom. The highest BCUT2D eigenvalue weighted by Gasteiger charge is 2.36. The quantitative estimate of drug-likeness (QED) is 0.702. The van der Waals surface area contributed by atoms with Crippen LogP contribution < -0.4 is 11.1 Å². The molecule has 2 aromatic carbocycles. The third-order valence-corrected chi connectivity index (χ3v) is 6.71. The van der Waals surface area contributed by atoms with Crippen molar-refractivity contribution >= 4 is 16.8 Å². The summed E-state index contributed by atoms with van der Waals surface area (Å²) < 4.78 is 1.82. The lowest BCUT2D eigenvalue weighted by molar-refractivity contribution is 0.0601. The van der Waals surface area contributed by atoms with Gasteiger partial charge < -0.3 is 11.1 Å². The van der Waals surface area contributed by atoms with E-state index in [4.69, 9.17) is 5.73 Å². The predicted molar refractivity (Wildman–Crippen MR) is 119 cm³/mol. The van der Waals surface area contributed by atoms with Gasteiger partial charge in [0, 0.05) is 31.2 Å². The van der Waals surface area contributed by atoms with Crippen LogP contribution in [0, 0.1) is 5.41 Å². The van der Waals surface area contributed by atoms with Crippen molar-refractivity contribution in [2.75, 3.05) is 26.2 Å². The third kappa shape index (κ3) is 3.73. The smallest absolute Gasteiger partial charge is 0.250 e. The molecule has 1 amide bonds. The maximum Gasteiger partial charge on any atom is 0.250 e. The monoisotopic (exact) mass is 403 g/mol. The van der Waals surface area contributed by atoms with Crippen molar-refractivity contribution in [2.45, 2.75) is 32.2 Å². The number of piperidine rings is 2. The fourth-order valence-electron chi connectivity index (χ4n) is 5.21. The fourth-order valence-corrected chi connectivity index (χ4v) is 5.21. The average molecular weight is 404 g/mol. The van der Waals surface area contributed by atoms with Gasteiger partial charge in [0.05, 0.1) is 11.3 Å². The van der Waals surface area contributed by atoms with Crippen molar-refractivity contribution in [3.05, 3.63) is 59.8 Å². The molecule has 0 radical (unpaired) electrons. The normalized spacial score (nSPS) is 22.5. The van der Waals surface area contributed by atoms with E-state index < -0.39 is 5.91 Å². The van der Waals surface area contributed by atoms with Gasteiger partial charge >= 0.3 is 0 Å². The molecule has 3 N–H and O–H groups in total. The molecule has 30 heavy (non-hydrogen) atoms. The Morgan fingerprint density at radius 2 is 1.97 bits per heavy atom. The molecule has 1 atom stereocenters. The number of likely N-dealkylation sites (tertiary alicyclic amines) is 1. The van der Waals surface area contributed by atoms with Crippen molar-refractivity contribution in [3.63, 3.8) is 0 Å². The van der Waals surface area contributed by atoms with E-state index in [0.29, 0.717) is 16.5 Å². The maximum absolute atomic E-state index is 11.7. The average Bonchev–Trinajstić information content (AvgIpc) is 3.19. The molecule has 1 aromatic heterocycles. The zero-order chi connectivity index (χ0) is 20.6. The summed E-state index contributed by atoms with van der Waals surface area (Å²) in [6.45, 7) is 5.72. The second kappa shape index (κ2) is 7.85. The molecule has 3 aromatic rings. The van der Waals surface area contributed by atoms with Crippen molar-refractivity contribution in [1.29, 1.82) is 0 Å². The Labute approximate surface area is 177 Å². The third-order valence-electron chi connectivity index (χ3n) is 6.71. The number of hydrogen-bond donors (Lipinski definition) is 2. The molecule has 0 bridgehead atoms. The highest BCUT2D eigenvalue weighted by Crippen LogP contribution is 2.36. The van der Waals surface area contributed by atoms with Gasteiger partial charge in [-0.05, 0) is 68.0 Å². The van der Waals surface area contributed by atoms with Crippen molar-refractivity contribution < 1.29 is 4.79 Å². The number of aromatic nitrogens is 2. The predicted octanol–water partition coefficient (Wildman–Crippen LogP) is 3.09. The van der Waals surface area contributed by atoms with Crippen LogP contribution in [0.25, 0.3) is 16.6 Å². The minimum atomic E-state index is -0.450. The molecular formula is C24H29N5O. The minimum absolute atomic E-state index is 0.450. The van der Waals surface area contributed by atoms with Gasteiger partial charge in [-0.3, -0.25) is 9.69 Å². The van der Waals surface area contributed by atoms with Crippen LogP contribution in [-0.4, -0.2) is 46.8 Å². The van der Waals surface area contributed by atoms with Crippen LogP contribution in [0.1, 0.15) is 41.6 Å². The molecule has 6 nitrogen and oxygen atoms in total. The number of nitrogens with one attached hydrogen (secondary N) is 1. The first kappa shape index (κ1) is 19.3. The van der Waals surface area contributed by atoms with Crippen LogP contribution in [0.3, 0.4) is 0 Å². The molecule has 2 aliphatic heterocycles. The lowest BCUT2D eigenvalue weighted by atomic mass is 9.74. The number of benzene rings is 2. The number of nitrogens with zero attached hydrogens (tertiary/aromatic N) is 3. The van der Waals surface area contributed by atoms with Gasteiger partial charge in [-0.1, -0.05) is 24.3 Å². The van der Waals surface area contributed by atoms with E-state index in [1.165, 1.54) is 57.4 Å². The molecule has 5 rings (SSSR count). The number of hydrogen-bond acceptors (Lipinski definition) is 4. The largest absolute Gasteiger partial charge is 0.366 e. The lowest BCUT2D eigenvalue weighted by Crippen LogP contribution is -2.50. The minimum Gasteiger partial charge on any atom is -0.366 e. The fraction of sp³-hybridized carbons (Fsp3) is 0.417. The van der Waals surface area contributed by atoms with Crippen molar-refractivity contribution in [3.8, 4) is 5.69 Å². The Bertz CT molecular complexity index is 1040. The first-order valence-electron chi connectivity index (χ1n) is 10.9. The van der Waals surface area contributed by atoms with Gasteiger partial charge in [0.25, 0.3) is 5.91 Å². The van der Waals surface area contributed by atoms with Crippen LogP contribution in [0.2, 0.25) is 0 Å². The van der Waals surface area contributed by atoms with Gasteiger partial charge in [-0.15, -0.1) is 0 Å². The molecular weight excluding hydrogens is 374 g/mol. The lowest BCUT2D eigenvalue weighted by Gasteiger charge is -2.45. The maximum atomic E-state index is 11.7. The summed E-state index contributed by atoms with van der Waals surface area (Å²) in [4.78, 5) is 14.3. The molecule has 156 valence electrons. The van der Waals surface area contributed by atoms with Gasteiger partial charge in [-0.25, -0.2) is 4.68 Å². The Balaban J connectivity index is 1.32. The van der Waals surface area contributed by atoms with Crippen LogP contribution in [0.4, 0.5) is 0 Å². The van der Waals surface area contributed by atoms with E-state index in [-0.39, 0.29) is 0 Å². The number of nitrogens with two attached hydrogens (primary N) is 1. The summed E-state index contributed by atoms with van der Waals surface area (Å²) in [6, 6.07) is 14.1. The first-order valence-corrected chi connectivity index (χ1v) is 10.9. The van der Waals surface area contributed by atoms with E-state index in [0.717, 1.165) is 17.6 Å². The Kier molecular flexibility index (Phi) is 5.05. The molecule has 1 unspecified atom stereocenters. The molecule has 2 aliphatic rings. The van der Waals surface area contributed by atoms with Gasteiger partial charge in [0.15, 0.2) is 0 Å². The number of carbonyl (C=O) groups is 1. The zero-order valence-electron chi connectivity index (χ0n) is 17.3. The standard InChI is InChI=1S/C24H29N5O/c25-23(30)21-5-1-4-19-15-29(27-22(19)21)20-8-6-18(7-9-20)14-28-13-3-11-24(17-28)10-2-12-26-16-24/h1,4-9,15,26H,2-3,10-14,16-17H2,(H2,25,30). The van der Waals surface area contributed by atoms with Crippen LogP contribution in [-0.2, 0) is 6.54 Å². The number of rotatable bonds is 4. The summed E-state index contributed by atoms with van der Waals surface area (Å²) in [6.07, 6.45) is 7.26. The molecule has 0 saturated carbocycles. The van der Waals surface area contributed by atoms with Crippen molar-refractivity contribution in [1.82, 2.24) is 20.0 Å². The van der Waals surface area contributed by atoms with Crippen LogP contribution in [0.15, 0.2) is 48.7 Å². The summed E-state index contributed by atoms with van der Waals surface area (Å²) >= 11 is 0. The van der Waals surface area contributed by atoms with E-state index in [2.05, 4.69) is 39.6 Å². The Morgan fingerprint density at radius 3 is 2.73 bits per heavy atom. The molecule has 0 aliphatic carbocycles. The van der Waals surface area contributed by atoms with Crippen LogP contribution >= 0.6 is 0 Å². The van der Waals surface area contributed by atoms with E-state index in [9.17, 15) is 4.79 Å². The van der Waals surface area contributed by atoms with Crippen molar-refractivity contribution in [2.24, 2.45) is 11.1 Å². The van der Waals surface area contributed by atoms with Gasteiger partial charge in [0.1, 0.15) is 5.52 Å². The molecule has 6 heteroatoms. The second-order valence-electron chi connectivity index (χ2n) is 8.94. The Hall–Kier alpha value is -2.70. The zero-order valence-corrected chi connectivity index (χ0v) is 17.3. The van der Waals surface area contributed by atoms with Gasteiger partial charge in [0.2, 0.25) is 0 Å². The summed E-state index contributed by atoms with van der Waals surface area (Å²) in [5, 5.41) is 9.13. The molecule has 2 fully saturated rings. The highest BCUT2D eigenvalue weighted by molar-refractivity contribution is 6.04. The number of primary amides is 1. The highest BCUT2D eigenvalue weighted by atomic mass is 16.1. The molecule has 1 spiro atoms.